The van der Waals surface area contributed by atoms with E-state index in [0.717, 1.165) is 30.5 Å². The molecule has 0 spiro atoms. The smallest absolute Gasteiger partial charge is 0.261 e. The molecule has 2 nitrogen and oxygen atoms in total. The second kappa shape index (κ2) is 7.18. The van der Waals surface area contributed by atoms with E-state index in [0.29, 0.717) is 11.6 Å². The average molecular weight is 310 g/mol. The Bertz CT molecular complexity index is 626. The molecular formula is C16H14ClF2NO. The summed E-state index contributed by atoms with van der Waals surface area (Å²) in [4.78, 5) is 12.0. The van der Waals surface area contributed by atoms with Crippen molar-refractivity contribution in [3.63, 3.8) is 0 Å². The van der Waals surface area contributed by atoms with Crippen LogP contribution >= 0.6 is 11.6 Å². The van der Waals surface area contributed by atoms with Crippen molar-refractivity contribution >= 4 is 23.2 Å². The lowest BCUT2D eigenvalue weighted by molar-refractivity contribution is 0.101. The normalized spacial score (nSPS) is 10.4. The summed E-state index contributed by atoms with van der Waals surface area (Å²) in [6.07, 6.45) is 1.60. The number of nitrogens with one attached hydrogen (secondary N) is 1. The van der Waals surface area contributed by atoms with Gasteiger partial charge < -0.3 is 5.32 Å². The van der Waals surface area contributed by atoms with Gasteiger partial charge in [-0.3, -0.25) is 4.79 Å². The molecule has 1 N–H and O–H groups in total. The van der Waals surface area contributed by atoms with E-state index in [4.69, 9.17) is 11.6 Å². The van der Waals surface area contributed by atoms with Crippen LogP contribution < -0.4 is 5.32 Å². The van der Waals surface area contributed by atoms with Gasteiger partial charge in [0.15, 0.2) is 0 Å². The maximum absolute atomic E-state index is 13.5. The average Bonchev–Trinajstić information content (AvgIpc) is 2.45. The number of carbonyl (C=O) groups is 1. The molecule has 0 unspecified atom stereocenters. The lowest BCUT2D eigenvalue weighted by atomic mass is 10.1. The topological polar surface area (TPSA) is 29.1 Å². The first-order valence-electron chi connectivity index (χ1n) is 6.52. The van der Waals surface area contributed by atoms with Gasteiger partial charge in [0.25, 0.3) is 5.91 Å². The molecule has 2 rings (SSSR count). The minimum atomic E-state index is -0.884. The molecule has 1 amide bonds. The quantitative estimate of drug-likeness (QED) is 0.816. The standard InChI is InChI=1S/C16H14ClF2NO/c17-9-3-5-11-4-1-6-12(10-11)20-16(21)15-13(18)7-2-8-14(15)19/h1-2,4,6-8,10H,3,5,9H2,(H,20,21). The monoisotopic (exact) mass is 309 g/mol. The van der Waals surface area contributed by atoms with Crippen molar-refractivity contribution < 1.29 is 13.6 Å². The van der Waals surface area contributed by atoms with Gasteiger partial charge in [0.05, 0.1) is 0 Å². The zero-order valence-corrected chi connectivity index (χ0v) is 12.0. The molecule has 2 aromatic rings. The predicted octanol–water partition coefficient (Wildman–Crippen LogP) is 4.39. The van der Waals surface area contributed by atoms with Crippen molar-refractivity contribution in [2.75, 3.05) is 11.2 Å². The van der Waals surface area contributed by atoms with Crippen LogP contribution in [0.1, 0.15) is 22.3 Å². The van der Waals surface area contributed by atoms with E-state index >= 15 is 0 Å². The van der Waals surface area contributed by atoms with Crippen molar-refractivity contribution in [1.29, 1.82) is 0 Å². The van der Waals surface area contributed by atoms with E-state index in [1.807, 2.05) is 6.07 Å². The largest absolute Gasteiger partial charge is 0.322 e. The predicted molar refractivity (Wildman–Crippen MR) is 79.8 cm³/mol. The summed E-state index contributed by atoms with van der Waals surface area (Å²) >= 11 is 5.64. The van der Waals surface area contributed by atoms with Gasteiger partial charge in [0.2, 0.25) is 0 Å². The van der Waals surface area contributed by atoms with Gasteiger partial charge in [-0.1, -0.05) is 18.2 Å². The molecule has 0 radical (unpaired) electrons. The zero-order chi connectivity index (χ0) is 15.2. The molecule has 0 saturated carbocycles. The molecule has 0 aliphatic rings. The molecule has 0 atom stereocenters. The second-order valence-corrected chi connectivity index (χ2v) is 4.92. The second-order valence-electron chi connectivity index (χ2n) is 4.54. The summed E-state index contributed by atoms with van der Waals surface area (Å²) in [6.45, 7) is 0. The van der Waals surface area contributed by atoms with Gasteiger partial charge in [0.1, 0.15) is 17.2 Å². The summed E-state index contributed by atoms with van der Waals surface area (Å²) in [5, 5.41) is 2.50. The Morgan fingerprint density at radius 1 is 1.10 bits per heavy atom. The van der Waals surface area contributed by atoms with Gasteiger partial charge >= 0.3 is 0 Å². The Morgan fingerprint density at radius 3 is 2.43 bits per heavy atom. The third kappa shape index (κ3) is 4.02. The highest BCUT2D eigenvalue weighted by molar-refractivity contribution is 6.17. The number of amides is 1. The maximum atomic E-state index is 13.5. The highest BCUT2D eigenvalue weighted by Gasteiger charge is 2.17. The first kappa shape index (κ1) is 15.4. The Balaban J connectivity index is 2.16. The highest BCUT2D eigenvalue weighted by atomic mass is 35.5. The molecule has 5 heteroatoms. The Kier molecular flexibility index (Phi) is 5.28. The van der Waals surface area contributed by atoms with E-state index < -0.39 is 23.1 Å². The number of hydrogen-bond donors (Lipinski definition) is 1. The van der Waals surface area contributed by atoms with Gasteiger partial charge in [0, 0.05) is 11.6 Å². The minimum absolute atomic E-state index is 0.495. The number of hydrogen-bond acceptors (Lipinski definition) is 1. The zero-order valence-electron chi connectivity index (χ0n) is 11.2. The molecule has 0 fully saturated rings. The summed E-state index contributed by atoms with van der Waals surface area (Å²) < 4.78 is 27.1. The number of benzene rings is 2. The van der Waals surface area contributed by atoms with Crippen LogP contribution in [0.25, 0.3) is 0 Å². The van der Waals surface area contributed by atoms with Crippen molar-refractivity contribution in [3.8, 4) is 0 Å². The summed E-state index contributed by atoms with van der Waals surface area (Å²) in [5.41, 5.74) is 0.917. The van der Waals surface area contributed by atoms with E-state index in [1.54, 1.807) is 18.2 Å². The fraction of sp³-hybridized carbons (Fsp3) is 0.188. The first-order chi connectivity index (χ1) is 10.1. The number of anilines is 1. The molecule has 110 valence electrons. The van der Waals surface area contributed by atoms with Gasteiger partial charge in [-0.25, -0.2) is 8.78 Å². The van der Waals surface area contributed by atoms with Crippen LogP contribution in [0.2, 0.25) is 0 Å². The van der Waals surface area contributed by atoms with Gasteiger partial charge in [-0.2, -0.15) is 0 Å². The van der Waals surface area contributed by atoms with Gasteiger partial charge in [-0.15, -0.1) is 11.6 Å². The van der Waals surface area contributed by atoms with Crippen molar-refractivity contribution in [2.45, 2.75) is 12.8 Å². The van der Waals surface area contributed by atoms with Crippen LogP contribution in [0.15, 0.2) is 42.5 Å². The maximum Gasteiger partial charge on any atom is 0.261 e. The van der Waals surface area contributed by atoms with Crippen molar-refractivity contribution in [3.05, 3.63) is 65.2 Å². The Hall–Kier alpha value is -1.94. The fourth-order valence-electron chi connectivity index (χ4n) is 1.98. The fourth-order valence-corrected chi connectivity index (χ4v) is 2.12. The molecular weight excluding hydrogens is 296 g/mol. The molecule has 0 bridgehead atoms. The van der Waals surface area contributed by atoms with Crippen molar-refractivity contribution in [2.24, 2.45) is 0 Å². The van der Waals surface area contributed by atoms with E-state index in [-0.39, 0.29) is 0 Å². The van der Waals surface area contributed by atoms with Gasteiger partial charge in [-0.05, 0) is 42.7 Å². The number of rotatable bonds is 5. The molecule has 0 aromatic heterocycles. The van der Waals surface area contributed by atoms with Crippen LogP contribution in [-0.2, 0) is 6.42 Å². The number of carbonyl (C=O) groups excluding carboxylic acids is 1. The van der Waals surface area contributed by atoms with E-state index in [1.165, 1.54) is 6.07 Å². The van der Waals surface area contributed by atoms with Crippen LogP contribution in [-0.4, -0.2) is 11.8 Å². The van der Waals surface area contributed by atoms with Crippen LogP contribution in [0.5, 0.6) is 0 Å². The lowest BCUT2D eigenvalue weighted by Gasteiger charge is -2.08. The third-order valence-electron chi connectivity index (χ3n) is 2.97. The summed E-state index contributed by atoms with van der Waals surface area (Å²) in [6, 6.07) is 10.4. The van der Waals surface area contributed by atoms with Crippen LogP contribution in [0, 0.1) is 11.6 Å². The van der Waals surface area contributed by atoms with E-state index in [2.05, 4.69) is 5.32 Å². The molecule has 0 aliphatic heterocycles. The van der Waals surface area contributed by atoms with Crippen LogP contribution in [0.3, 0.4) is 0 Å². The molecule has 0 saturated heterocycles. The highest BCUT2D eigenvalue weighted by Crippen LogP contribution is 2.17. The number of halogens is 3. The molecule has 0 heterocycles. The molecule has 0 aliphatic carbocycles. The van der Waals surface area contributed by atoms with E-state index in [9.17, 15) is 13.6 Å². The number of aryl methyl sites for hydroxylation is 1. The SMILES string of the molecule is O=C(Nc1cccc(CCCCl)c1)c1c(F)cccc1F. The molecule has 21 heavy (non-hydrogen) atoms. The third-order valence-corrected chi connectivity index (χ3v) is 3.24. The van der Waals surface area contributed by atoms with Crippen molar-refractivity contribution in [1.82, 2.24) is 0 Å². The Labute approximate surface area is 126 Å². The lowest BCUT2D eigenvalue weighted by Crippen LogP contribution is -2.15. The van der Waals surface area contributed by atoms with Crippen LogP contribution in [0.4, 0.5) is 14.5 Å². The molecule has 2 aromatic carbocycles. The Morgan fingerprint density at radius 2 is 1.76 bits per heavy atom. The first-order valence-corrected chi connectivity index (χ1v) is 7.05. The summed E-state index contributed by atoms with van der Waals surface area (Å²) in [5.74, 6) is -2.02. The number of alkyl halides is 1. The summed E-state index contributed by atoms with van der Waals surface area (Å²) in [7, 11) is 0. The minimum Gasteiger partial charge on any atom is -0.322 e.